The molecule has 3 nitrogen and oxygen atoms in total. The van der Waals surface area contributed by atoms with Crippen LogP contribution in [0.5, 0.6) is 0 Å². The van der Waals surface area contributed by atoms with Gasteiger partial charge in [-0.05, 0) is 44.6 Å². The number of carbonyl (C=O) groups excluding carboxylic acids is 1. The predicted molar refractivity (Wildman–Crippen MR) is 85.8 cm³/mol. The van der Waals surface area contributed by atoms with Gasteiger partial charge in [0.2, 0.25) is 0 Å². The number of nitrogens with zero attached hydrogens (tertiary/aromatic N) is 1. The van der Waals surface area contributed by atoms with E-state index in [0.29, 0.717) is 13.1 Å². The maximum Gasteiger partial charge on any atom is 0.410 e. The highest BCUT2D eigenvalue weighted by molar-refractivity contribution is 5.68. The topological polar surface area (TPSA) is 29.5 Å². The smallest absolute Gasteiger partial charge is 0.410 e. The van der Waals surface area contributed by atoms with Gasteiger partial charge < -0.3 is 9.64 Å². The lowest BCUT2D eigenvalue weighted by Crippen LogP contribution is -2.45. The van der Waals surface area contributed by atoms with E-state index < -0.39 is 12.0 Å². The molecule has 1 heterocycles. The summed E-state index contributed by atoms with van der Waals surface area (Å²) in [6.07, 6.45) is -1.14. The average molecular weight is 325 g/mol. The van der Waals surface area contributed by atoms with Crippen molar-refractivity contribution in [2.24, 2.45) is 0 Å². The first-order chi connectivity index (χ1) is 10.6. The third kappa shape index (κ3) is 4.43. The highest BCUT2D eigenvalue weighted by atomic mass is 19.3. The third-order valence-electron chi connectivity index (χ3n) is 4.38. The van der Waals surface area contributed by atoms with Crippen molar-refractivity contribution < 1.29 is 18.3 Å². The predicted octanol–water partition coefficient (Wildman–Crippen LogP) is 4.91. The summed E-state index contributed by atoms with van der Waals surface area (Å²) in [5.74, 6) is 0. The zero-order valence-corrected chi connectivity index (χ0v) is 14.2. The van der Waals surface area contributed by atoms with Crippen LogP contribution in [0.15, 0.2) is 24.3 Å². The molecule has 0 aromatic heterocycles. The monoisotopic (exact) mass is 325 g/mol. The number of amides is 1. The summed E-state index contributed by atoms with van der Waals surface area (Å²) < 4.78 is 30.7. The van der Waals surface area contributed by atoms with Crippen molar-refractivity contribution >= 4 is 6.09 Å². The number of likely N-dealkylation sites (tertiary alicyclic amines) is 1. The quantitative estimate of drug-likeness (QED) is 0.773. The molecule has 1 fully saturated rings. The molecule has 0 saturated carbocycles. The van der Waals surface area contributed by atoms with Gasteiger partial charge in [0.05, 0.1) is 0 Å². The van der Waals surface area contributed by atoms with Crippen LogP contribution in [0.2, 0.25) is 0 Å². The van der Waals surface area contributed by atoms with Crippen molar-refractivity contribution in [3.05, 3.63) is 35.4 Å². The van der Waals surface area contributed by atoms with Crippen LogP contribution in [-0.4, -0.2) is 29.7 Å². The number of alkyl halides is 2. The normalized spacial score (nSPS) is 18.1. The summed E-state index contributed by atoms with van der Waals surface area (Å²) in [4.78, 5) is 13.8. The van der Waals surface area contributed by atoms with E-state index in [1.807, 2.05) is 20.8 Å². The van der Waals surface area contributed by atoms with Crippen molar-refractivity contribution in [2.75, 3.05) is 13.1 Å². The van der Waals surface area contributed by atoms with Crippen molar-refractivity contribution in [1.29, 1.82) is 0 Å². The van der Waals surface area contributed by atoms with Crippen LogP contribution in [0.3, 0.4) is 0 Å². The van der Waals surface area contributed by atoms with Gasteiger partial charge in [-0.25, -0.2) is 13.6 Å². The fourth-order valence-corrected chi connectivity index (χ4v) is 2.83. The maximum atomic E-state index is 12.7. The van der Waals surface area contributed by atoms with Gasteiger partial charge in [-0.2, -0.15) is 0 Å². The van der Waals surface area contributed by atoms with Gasteiger partial charge in [0.1, 0.15) is 5.60 Å². The lowest BCUT2D eigenvalue weighted by Gasteiger charge is -2.40. The minimum atomic E-state index is -2.44. The van der Waals surface area contributed by atoms with Crippen LogP contribution in [0, 0.1) is 0 Å². The van der Waals surface area contributed by atoms with Gasteiger partial charge in [0, 0.05) is 18.7 Å². The van der Waals surface area contributed by atoms with E-state index in [9.17, 15) is 13.6 Å². The van der Waals surface area contributed by atoms with Crippen molar-refractivity contribution in [2.45, 2.75) is 58.0 Å². The van der Waals surface area contributed by atoms with Crippen LogP contribution in [0.25, 0.3) is 0 Å². The number of piperidine rings is 1. The fourth-order valence-electron chi connectivity index (χ4n) is 2.83. The molecule has 0 aliphatic carbocycles. The van der Waals surface area contributed by atoms with E-state index in [1.54, 1.807) is 17.0 Å². The average Bonchev–Trinajstić information content (AvgIpc) is 2.46. The van der Waals surface area contributed by atoms with Gasteiger partial charge in [-0.15, -0.1) is 0 Å². The second-order valence-electron chi connectivity index (χ2n) is 7.45. The summed E-state index contributed by atoms with van der Waals surface area (Å²) >= 11 is 0. The van der Waals surface area contributed by atoms with Crippen LogP contribution in [0.1, 0.15) is 58.1 Å². The Morgan fingerprint density at radius 1 is 1.17 bits per heavy atom. The van der Waals surface area contributed by atoms with Crippen LogP contribution >= 0.6 is 0 Å². The lowest BCUT2D eigenvalue weighted by atomic mass is 9.74. The van der Waals surface area contributed by atoms with Gasteiger partial charge in [0.25, 0.3) is 6.43 Å². The van der Waals surface area contributed by atoms with Gasteiger partial charge >= 0.3 is 6.09 Å². The highest BCUT2D eigenvalue weighted by Crippen LogP contribution is 2.36. The zero-order valence-electron chi connectivity index (χ0n) is 14.2. The largest absolute Gasteiger partial charge is 0.444 e. The number of hydrogen-bond acceptors (Lipinski definition) is 2. The summed E-state index contributed by atoms with van der Waals surface area (Å²) in [6.45, 7) is 8.90. The molecule has 0 spiro atoms. The zero-order chi connectivity index (χ0) is 17.3. The molecular formula is C18H25F2NO2. The number of rotatable bonds is 2. The maximum absolute atomic E-state index is 12.7. The van der Waals surface area contributed by atoms with E-state index in [1.165, 1.54) is 12.1 Å². The van der Waals surface area contributed by atoms with Crippen molar-refractivity contribution in [1.82, 2.24) is 4.90 Å². The van der Waals surface area contributed by atoms with Crippen LogP contribution < -0.4 is 0 Å². The van der Waals surface area contributed by atoms with E-state index in [2.05, 4.69) is 6.92 Å². The highest BCUT2D eigenvalue weighted by Gasteiger charge is 2.34. The number of carbonyl (C=O) groups is 1. The first kappa shape index (κ1) is 17.7. The molecule has 0 bridgehead atoms. The molecule has 1 aromatic rings. The van der Waals surface area contributed by atoms with Crippen molar-refractivity contribution in [3.8, 4) is 0 Å². The Morgan fingerprint density at radius 2 is 1.70 bits per heavy atom. The summed E-state index contributed by atoms with van der Waals surface area (Å²) in [6, 6.07) is 6.55. The molecule has 0 radical (unpaired) electrons. The Kier molecular flexibility index (Phi) is 4.97. The van der Waals surface area contributed by atoms with Crippen molar-refractivity contribution in [3.63, 3.8) is 0 Å². The Balaban J connectivity index is 2.00. The SMILES string of the molecule is CC(C)(C)OC(=O)N1CCC(C)(c2ccc(C(F)F)cc2)CC1. The van der Waals surface area contributed by atoms with Gasteiger partial charge in [-0.1, -0.05) is 31.2 Å². The molecule has 128 valence electrons. The van der Waals surface area contributed by atoms with Gasteiger partial charge in [-0.3, -0.25) is 0 Å². The molecule has 23 heavy (non-hydrogen) atoms. The second kappa shape index (κ2) is 6.46. The molecule has 1 amide bonds. The molecule has 1 aliphatic heterocycles. The Morgan fingerprint density at radius 3 is 2.13 bits per heavy atom. The molecule has 1 aromatic carbocycles. The lowest BCUT2D eigenvalue weighted by molar-refractivity contribution is 0.0171. The van der Waals surface area contributed by atoms with E-state index in [0.717, 1.165) is 18.4 Å². The summed E-state index contributed by atoms with van der Waals surface area (Å²) in [7, 11) is 0. The number of ether oxygens (including phenoxy) is 1. The van der Waals surface area contributed by atoms with E-state index >= 15 is 0 Å². The Bertz CT molecular complexity index is 541. The summed E-state index contributed by atoms with van der Waals surface area (Å²) in [5, 5.41) is 0. The van der Waals surface area contributed by atoms with Crippen LogP contribution in [-0.2, 0) is 10.2 Å². The first-order valence-electron chi connectivity index (χ1n) is 7.97. The molecule has 0 atom stereocenters. The van der Waals surface area contributed by atoms with Gasteiger partial charge in [0.15, 0.2) is 0 Å². The number of halogens is 2. The second-order valence-corrected chi connectivity index (χ2v) is 7.45. The molecule has 2 rings (SSSR count). The molecule has 1 aliphatic rings. The molecule has 1 saturated heterocycles. The summed E-state index contributed by atoms with van der Waals surface area (Å²) in [5.41, 5.74) is 0.497. The fraction of sp³-hybridized carbons (Fsp3) is 0.611. The minimum absolute atomic E-state index is 0.0449. The van der Waals surface area contributed by atoms with E-state index in [4.69, 9.17) is 4.74 Å². The minimum Gasteiger partial charge on any atom is -0.444 e. The number of benzene rings is 1. The molecule has 5 heteroatoms. The van der Waals surface area contributed by atoms with Crippen LogP contribution in [0.4, 0.5) is 13.6 Å². The van der Waals surface area contributed by atoms with E-state index in [-0.39, 0.29) is 17.1 Å². The molecule has 0 N–H and O–H groups in total. The standard InChI is InChI=1S/C18H25F2NO2/c1-17(2,3)23-16(22)21-11-9-18(4,10-12-21)14-7-5-13(6-8-14)15(19)20/h5-8,15H,9-12H2,1-4H3. The Labute approximate surface area is 136 Å². The Hall–Kier alpha value is -1.65. The molecule has 0 unspecified atom stereocenters. The first-order valence-corrected chi connectivity index (χ1v) is 7.97. The third-order valence-corrected chi connectivity index (χ3v) is 4.38. The number of hydrogen-bond donors (Lipinski definition) is 0. The molecular weight excluding hydrogens is 300 g/mol.